The van der Waals surface area contributed by atoms with Crippen molar-refractivity contribution in [1.82, 2.24) is 4.98 Å². The molecule has 2 aromatic rings. The van der Waals surface area contributed by atoms with Crippen molar-refractivity contribution in [1.29, 1.82) is 0 Å². The van der Waals surface area contributed by atoms with Gasteiger partial charge in [0, 0.05) is 10.9 Å². The fourth-order valence-corrected chi connectivity index (χ4v) is 2.16. The van der Waals surface area contributed by atoms with Crippen LogP contribution in [0.1, 0.15) is 17.4 Å². The van der Waals surface area contributed by atoms with E-state index >= 15 is 0 Å². The summed E-state index contributed by atoms with van der Waals surface area (Å²) in [5, 5.41) is 1.70. The second-order valence-electron chi connectivity index (χ2n) is 3.38. The number of ether oxygens (including phenoxy) is 1. The monoisotopic (exact) mass is 269 g/mol. The van der Waals surface area contributed by atoms with Gasteiger partial charge < -0.3 is 4.74 Å². The van der Waals surface area contributed by atoms with Gasteiger partial charge in [-0.25, -0.2) is 18.6 Å². The van der Waals surface area contributed by atoms with E-state index in [1.54, 1.807) is 6.92 Å². The number of esters is 1. The Balaban J connectivity index is 2.35. The highest BCUT2D eigenvalue weighted by Crippen LogP contribution is 2.27. The average molecular weight is 269 g/mol. The van der Waals surface area contributed by atoms with Gasteiger partial charge in [0.1, 0.15) is 16.6 Å². The molecule has 1 aromatic heterocycles. The van der Waals surface area contributed by atoms with Gasteiger partial charge in [-0.3, -0.25) is 0 Å². The Hall–Kier alpha value is -1.82. The molecule has 94 valence electrons. The number of aromatic nitrogens is 1. The summed E-state index contributed by atoms with van der Waals surface area (Å²) in [5.74, 6) is -1.71. The van der Waals surface area contributed by atoms with E-state index in [4.69, 9.17) is 4.74 Å². The van der Waals surface area contributed by atoms with Crippen molar-refractivity contribution < 1.29 is 18.3 Å². The van der Waals surface area contributed by atoms with Gasteiger partial charge in [0.2, 0.25) is 0 Å². The number of carbonyl (C=O) groups is 1. The topological polar surface area (TPSA) is 39.2 Å². The molecule has 1 aromatic carbocycles. The molecule has 0 saturated heterocycles. The minimum absolute atomic E-state index is 0.0375. The summed E-state index contributed by atoms with van der Waals surface area (Å²) >= 11 is 1.06. The number of carbonyl (C=O) groups excluding carboxylic acids is 1. The van der Waals surface area contributed by atoms with Crippen LogP contribution in [0.5, 0.6) is 0 Å². The molecular formula is C12H9F2NO2S. The van der Waals surface area contributed by atoms with E-state index in [0.29, 0.717) is 0 Å². The van der Waals surface area contributed by atoms with Crippen LogP contribution in [0.2, 0.25) is 0 Å². The van der Waals surface area contributed by atoms with Crippen LogP contribution in [-0.2, 0) is 4.74 Å². The lowest BCUT2D eigenvalue weighted by Gasteiger charge is -1.99. The van der Waals surface area contributed by atoms with Gasteiger partial charge in [0.25, 0.3) is 0 Å². The van der Waals surface area contributed by atoms with Crippen LogP contribution in [0.15, 0.2) is 23.6 Å². The van der Waals surface area contributed by atoms with Gasteiger partial charge in [0.05, 0.1) is 6.61 Å². The van der Waals surface area contributed by atoms with Gasteiger partial charge in [-0.1, -0.05) is 0 Å². The minimum atomic E-state index is -0.582. The smallest absolute Gasteiger partial charge is 0.357 e. The third-order valence-corrected chi connectivity index (χ3v) is 3.02. The molecule has 18 heavy (non-hydrogen) atoms. The normalized spacial score (nSPS) is 10.4. The summed E-state index contributed by atoms with van der Waals surface area (Å²) < 4.78 is 31.3. The zero-order chi connectivity index (χ0) is 13.1. The molecule has 0 atom stereocenters. The van der Waals surface area contributed by atoms with Gasteiger partial charge >= 0.3 is 5.97 Å². The van der Waals surface area contributed by atoms with Crippen LogP contribution < -0.4 is 0 Å². The molecule has 0 aliphatic carbocycles. The summed E-state index contributed by atoms with van der Waals surface area (Å²) in [4.78, 5) is 15.3. The Labute approximate surface area is 106 Å². The summed E-state index contributed by atoms with van der Waals surface area (Å²) in [6.45, 7) is 1.91. The van der Waals surface area contributed by atoms with E-state index in [1.165, 1.54) is 5.38 Å². The van der Waals surface area contributed by atoms with Crippen molar-refractivity contribution in [2.75, 3.05) is 6.61 Å². The predicted molar refractivity (Wildman–Crippen MR) is 63.4 cm³/mol. The van der Waals surface area contributed by atoms with Crippen molar-refractivity contribution in [3.05, 3.63) is 40.9 Å². The molecule has 0 aliphatic heterocycles. The van der Waals surface area contributed by atoms with Crippen LogP contribution in [0.25, 0.3) is 10.6 Å². The predicted octanol–water partition coefficient (Wildman–Crippen LogP) is 3.27. The molecule has 0 radical (unpaired) electrons. The number of thiazole rings is 1. The van der Waals surface area contributed by atoms with Gasteiger partial charge in [-0.15, -0.1) is 11.3 Å². The number of nitrogens with zero attached hydrogens (tertiary/aromatic N) is 1. The maximum absolute atomic E-state index is 13.5. The van der Waals surface area contributed by atoms with E-state index in [1.807, 2.05) is 0 Å². The summed E-state index contributed by atoms with van der Waals surface area (Å²) in [6.07, 6.45) is 0. The Bertz CT molecular complexity index is 583. The number of benzene rings is 1. The molecule has 3 nitrogen and oxygen atoms in total. The number of rotatable bonds is 3. The van der Waals surface area contributed by atoms with Crippen LogP contribution in [0.4, 0.5) is 8.78 Å². The molecule has 0 aliphatic rings. The third kappa shape index (κ3) is 2.53. The van der Waals surface area contributed by atoms with Gasteiger partial charge in [-0.05, 0) is 25.1 Å². The molecule has 0 spiro atoms. The van der Waals surface area contributed by atoms with E-state index in [-0.39, 0.29) is 22.9 Å². The lowest BCUT2D eigenvalue weighted by Crippen LogP contribution is -2.04. The van der Waals surface area contributed by atoms with E-state index < -0.39 is 17.6 Å². The van der Waals surface area contributed by atoms with Crippen molar-refractivity contribution in [3.63, 3.8) is 0 Å². The SMILES string of the molecule is CCOC(=O)c1csc(-c2cc(F)ccc2F)n1. The Morgan fingerprint density at radius 2 is 2.22 bits per heavy atom. The Morgan fingerprint density at radius 3 is 2.94 bits per heavy atom. The van der Waals surface area contributed by atoms with Crippen LogP contribution in [-0.4, -0.2) is 17.6 Å². The largest absolute Gasteiger partial charge is 0.461 e. The van der Waals surface area contributed by atoms with E-state index in [0.717, 1.165) is 29.5 Å². The molecule has 0 unspecified atom stereocenters. The van der Waals surface area contributed by atoms with Gasteiger partial charge in [0.15, 0.2) is 5.69 Å². The maximum atomic E-state index is 13.5. The standard InChI is InChI=1S/C12H9F2NO2S/c1-2-17-12(16)10-6-18-11(15-10)8-5-7(13)3-4-9(8)14/h3-6H,2H2,1H3. The number of halogens is 2. The summed E-state index contributed by atoms with van der Waals surface area (Å²) in [7, 11) is 0. The van der Waals surface area contributed by atoms with Crippen molar-refractivity contribution >= 4 is 17.3 Å². The van der Waals surface area contributed by atoms with E-state index in [9.17, 15) is 13.6 Å². The first-order valence-electron chi connectivity index (χ1n) is 5.20. The summed E-state index contributed by atoms with van der Waals surface area (Å²) in [5.41, 5.74) is 0.135. The molecule has 2 rings (SSSR count). The molecule has 6 heteroatoms. The second-order valence-corrected chi connectivity index (χ2v) is 4.24. The molecular weight excluding hydrogens is 260 g/mol. The molecule has 0 amide bonds. The third-order valence-electron chi connectivity index (χ3n) is 2.15. The van der Waals surface area contributed by atoms with E-state index in [2.05, 4.69) is 4.98 Å². The van der Waals surface area contributed by atoms with Crippen LogP contribution in [0, 0.1) is 11.6 Å². The number of hydrogen-bond acceptors (Lipinski definition) is 4. The quantitative estimate of drug-likeness (QED) is 0.803. The second kappa shape index (κ2) is 5.22. The van der Waals surface area contributed by atoms with Crippen LogP contribution >= 0.6 is 11.3 Å². The van der Waals surface area contributed by atoms with Crippen LogP contribution in [0.3, 0.4) is 0 Å². The zero-order valence-corrected chi connectivity index (χ0v) is 10.3. The highest BCUT2D eigenvalue weighted by molar-refractivity contribution is 7.13. The summed E-state index contributed by atoms with van der Waals surface area (Å²) in [6, 6.07) is 3.10. The molecule has 0 fully saturated rings. The number of hydrogen-bond donors (Lipinski definition) is 0. The Kier molecular flexibility index (Phi) is 3.66. The molecule has 0 saturated carbocycles. The highest BCUT2D eigenvalue weighted by Gasteiger charge is 2.15. The average Bonchev–Trinajstić information content (AvgIpc) is 2.82. The molecule has 0 N–H and O–H groups in total. The Morgan fingerprint density at radius 1 is 1.44 bits per heavy atom. The fourth-order valence-electron chi connectivity index (χ4n) is 1.36. The minimum Gasteiger partial charge on any atom is -0.461 e. The fraction of sp³-hybridized carbons (Fsp3) is 0.167. The van der Waals surface area contributed by atoms with Crippen molar-refractivity contribution in [2.45, 2.75) is 6.92 Å². The van der Waals surface area contributed by atoms with Gasteiger partial charge in [-0.2, -0.15) is 0 Å². The van der Waals surface area contributed by atoms with Crippen molar-refractivity contribution in [3.8, 4) is 10.6 Å². The molecule has 1 heterocycles. The first-order valence-corrected chi connectivity index (χ1v) is 6.08. The first-order chi connectivity index (χ1) is 8.61. The maximum Gasteiger partial charge on any atom is 0.357 e. The van der Waals surface area contributed by atoms with Crippen molar-refractivity contribution in [2.24, 2.45) is 0 Å². The highest BCUT2D eigenvalue weighted by atomic mass is 32.1. The lowest BCUT2D eigenvalue weighted by molar-refractivity contribution is 0.0520. The molecule has 0 bridgehead atoms. The zero-order valence-electron chi connectivity index (χ0n) is 9.44. The first kappa shape index (κ1) is 12.6. The lowest BCUT2D eigenvalue weighted by atomic mass is 10.2.